The van der Waals surface area contributed by atoms with Crippen molar-refractivity contribution in [3.63, 3.8) is 0 Å². The Morgan fingerprint density at radius 1 is 0.784 bits per heavy atom. The molecule has 0 amide bonds. The minimum Gasteiger partial charge on any atom is -0.461 e. The zero-order valence-electron chi connectivity index (χ0n) is 20.2. The summed E-state index contributed by atoms with van der Waals surface area (Å²) in [6.45, 7) is 0.777. The van der Waals surface area contributed by atoms with Gasteiger partial charge in [-0.2, -0.15) is 4.39 Å². The van der Waals surface area contributed by atoms with E-state index in [4.69, 9.17) is 9.47 Å². The first kappa shape index (κ1) is 28.5. The van der Waals surface area contributed by atoms with E-state index in [-0.39, 0.29) is 41.4 Å². The normalized spacial score (nSPS) is 13.7. The van der Waals surface area contributed by atoms with Gasteiger partial charge in [0.2, 0.25) is 0 Å². The van der Waals surface area contributed by atoms with Gasteiger partial charge in [0.25, 0.3) is 20.0 Å². The van der Waals surface area contributed by atoms with Crippen LogP contribution < -0.4 is 0 Å². The summed E-state index contributed by atoms with van der Waals surface area (Å²) < 4.78 is 79.4. The van der Waals surface area contributed by atoms with Crippen molar-refractivity contribution in [3.8, 4) is 0 Å². The zero-order valence-corrected chi connectivity index (χ0v) is 21.8. The maximum Gasteiger partial charge on any atom is 0.377 e. The number of ether oxygens (including phenoxy) is 2. The number of hydrogen-bond acceptors (Lipinski definition) is 7. The molecule has 0 saturated heterocycles. The predicted molar refractivity (Wildman–Crippen MR) is 135 cm³/mol. The lowest BCUT2D eigenvalue weighted by Gasteiger charge is -2.24. The van der Waals surface area contributed by atoms with Gasteiger partial charge in [0.05, 0.1) is 23.0 Å². The van der Waals surface area contributed by atoms with Gasteiger partial charge in [0.1, 0.15) is 0 Å². The highest BCUT2D eigenvalue weighted by Gasteiger charge is 2.44. The highest BCUT2D eigenvalue weighted by atomic mass is 32.3. The molecule has 0 radical (unpaired) electrons. The number of carbonyl (C=O) groups excluding carboxylic acids is 1. The summed E-state index contributed by atoms with van der Waals surface area (Å²) >= 11 is 0. The number of nitrogens with zero attached hydrogens (tertiary/aromatic N) is 1. The summed E-state index contributed by atoms with van der Waals surface area (Å²) in [5, 5.41) is 0. The molecule has 0 bridgehead atoms. The molecule has 198 valence electrons. The Labute approximate surface area is 216 Å². The van der Waals surface area contributed by atoms with Crippen molar-refractivity contribution >= 4 is 26.0 Å². The highest BCUT2D eigenvalue weighted by Crippen LogP contribution is 2.30. The van der Waals surface area contributed by atoms with Gasteiger partial charge < -0.3 is 9.47 Å². The Hall–Kier alpha value is -3.12. The molecule has 0 fully saturated rings. The number of carbonyl (C=O) groups is 1. The molecule has 1 atom stereocenters. The Bertz CT molecular complexity index is 1300. The molecule has 8 nitrogen and oxygen atoms in total. The van der Waals surface area contributed by atoms with Crippen LogP contribution in [0.5, 0.6) is 0 Å². The molecular weight excluding hydrogens is 521 g/mol. The molecular formula is C26H28FNO7S2. The molecule has 0 heterocycles. The van der Waals surface area contributed by atoms with E-state index < -0.39 is 38.4 Å². The third kappa shape index (κ3) is 6.61. The molecule has 0 saturated carbocycles. The van der Waals surface area contributed by atoms with E-state index in [2.05, 4.69) is 0 Å². The van der Waals surface area contributed by atoms with Crippen LogP contribution in [-0.2, 0) is 40.2 Å². The topological polar surface area (TPSA) is 107 Å². The van der Waals surface area contributed by atoms with Crippen LogP contribution >= 0.6 is 0 Å². The van der Waals surface area contributed by atoms with Crippen LogP contribution in [0.2, 0.25) is 0 Å². The maximum atomic E-state index is 15.6. The lowest BCUT2D eigenvalue weighted by Crippen LogP contribution is -2.38. The van der Waals surface area contributed by atoms with E-state index >= 15 is 4.39 Å². The van der Waals surface area contributed by atoms with Gasteiger partial charge in [-0.05, 0) is 44.0 Å². The zero-order chi connectivity index (χ0) is 26.9. The third-order valence-electron chi connectivity index (χ3n) is 5.34. The van der Waals surface area contributed by atoms with Crippen LogP contribution in [0.15, 0.2) is 101 Å². The fourth-order valence-electron chi connectivity index (χ4n) is 3.48. The predicted octanol–water partition coefficient (Wildman–Crippen LogP) is 4.25. The van der Waals surface area contributed by atoms with Gasteiger partial charge in [-0.3, -0.25) is 0 Å². The lowest BCUT2D eigenvalue weighted by molar-refractivity contribution is -0.205. The van der Waals surface area contributed by atoms with Crippen molar-refractivity contribution in [2.75, 3.05) is 19.8 Å². The molecule has 3 aromatic carbocycles. The van der Waals surface area contributed by atoms with Gasteiger partial charge >= 0.3 is 11.8 Å². The minimum atomic E-state index is -4.43. The molecule has 1 unspecified atom stereocenters. The fraction of sp³-hybridized carbons (Fsp3) is 0.269. The number of benzene rings is 3. The molecule has 0 aromatic heterocycles. The SMILES string of the molecule is CCOC(=O)C(F)(OCCCCN(S(=O)(=O)c1ccccc1)S(=O)(=O)c1ccccc1)c1ccccc1. The number of alkyl halides is 1. The van der Waals surface area contributed by atoms with Crippen molar-refractivity contribution in [2.45, 2.75) is 35.4 Å². The molecule has 37 heavy (non-hydrogen) atoms. The largest absolute Gasteiger partial charge is 0.461 e. The highest BCUT2D eigenvalue weighted by molar-refractivity contribution is 8.04. The Morgan fingerprint density at radius 2 is 1.24 bits per heavy atom. The quantitative estimate of drug-likeness (QED) is 0.232. The maximum absolute atomic E-state index is 15.6. The molecule has 0 N–H and O–H groups in total. The van der Waals surface area contributed by atoms with E-state index in [1.165, 1.54) is 67.6 Å². The summed E-state index contributed by atoms with van der Waals surface area (Å²) in [4.78, 5) is 12.0. The van der Waals surface area contributed by atoms with Gasteiger partial charge in [0.15, 0.2) is 0 Å². The first-order valence-corrected chi connectivity index (χ1v) is 14.5. The van der Waals surface area contributed by atoms with Crippen molar-refractivity contribution in [2.24, 2.45) is 0 Å². The van der Waals surface area contributed by atoms with Crippen molar-refractivity contribution in [3.05, 3.63) is 96.6 Å². The molecule has 3 aromatic rings. The Balaban J connectivity index is 1.78. The second-order valence-electron chi connectivity index (χ2n) is 7.87. The monoisotopic (exact) mass is 549 g/mol. The molecule has 0 spiro atoms. The lowest BCUT2D eigenvalue weighted by atomic mass is 10.1. The first-order chi connectivity index (χ1) is 17.6. The van der Waals surface area contributed by atoms with Crippen molar-refractivity contribution < 1.29 is 35.5 Å². The standard InChI is InChI=1S/C26H28FNO7S2/c1-2-34-25(29)26(27,22-14-6-3-7-15-22)35-21-13-12-20-28(36(30,31)23-16-8-4-9-17-23)37(32,33)24-18-10-5-11-19-24/h3-11,14-19H,2,12-13,20-21H2,1H3. The minimum absolute atomic E-state index is 0.00578. The van der Waals surface area contributed by atoms with Crippen molar-refractivity contribution in [1.29, 1.82) is 0 Å². The number of hydrogen-bond donors (Lipinski definition) is 0. The second kappa shape index (κ2) is 12.4. The summed E-state index contributed by atoms with van der Waals surface area (Å²) in [7, 11) is -8.86. The van der Waals surface area contributed by atoms with Crippen LogP contribution in [-0.4, -0.2) is 46.3 Å². The van der Waals surface area contributed by atoms with E-state index in [9.17, 15) is 21.6 Å². The smallest absolute Gasteiger partial charge is 0.377 e. The average molecular weight is 550 g/mol. The van der Waals surface area contributed by atoms with Crippen LogP contribution in [0.1, 0.15) is 25.3 Å². The number of unbranched alkanes of at least 4 members (excludes halogenated alkanes) is 1. The van der Waals surface area contributed by atoms with E-state index in [0.717, 1.165) is 0 Å². The van der Waals surface area contributed by atoms with Crippen LogP contribution in [0.3, 0.4) is 0 Å². The molecule has 3 rings (SSSR count). The van der Waals surface area contributed by atoms with Gasteiger partial charge in [-0.15, -0.1) is 0 Å². The molecule has 11 heteroatoms. The number of sulfonamides is 2. The first-order valence-electron chi connectivity index (χ1n) is 11.6. The van der Waals surface area contributed by atoms with Gasteiger partial charge in [-0.25, -0.2) is 21.6 Å². The average Bonchev–Trinajstić information content (AvgIpc) is 2.91. The molecule has 0 aliphatic heterocycles. The van der Waals surface area contributed by atoms with Gasteiger partial charge in [-0.1, -0.05) is 70.4 Å². The van der Waals surface area contributed by atoms with E-state index in [0.29, 0.717) is 3.71 Å². The summed E-state index contributed by atoms with van der Waals surface area (Å²) in [5.74, 6) is -4.07. The number of halogens is 1. The summed E-state index contributed by atoms with van der Waals surface area (Å²) in [5.41, 5.74) is -0.0478. The summed E-state index contributed by atoms with van der Waals surface area (Å²) in [6, 6.07) is 22.0. The van der Waals surface area contributed by atoms with Crippen LogP contribution in [0.25, 0.3) is 0 Å². The summed E-state index contributed by atoms with van der Waals surface area (Å²) in [6.07, 6.45) is 0.0643. The fourth-order valence-corrected chi connectivity index (χ4v) is 7.24. The van der Waals surface area contributed by atoms with Crippen LogP contribution in [0.4, 0.5) is 4.39 Å². The second-order valence-corrected chi connectivity index (χ2v) is 11.8. The molecule has 0 aliphatic rings. The Kier molecular flexibility index (Phi) is 9.55. The number of esters is 1. The third-order valence-corrected chi connectivity index (χ3v) is 9.69. The Morgan fingerprint density at radius 3 is 1.70 bits per heavy atom. The van der Waals surface area contributed by atoms with Gasteiger partial charge in [0, 0.05) is 12.1 Å². The van der Waals surface area contributed by atoms with E-state index in [1.54, 1.807) is 30.3 Å². The number of rotatable bonds is 13. The molecule has 0 aliphatic carbocycles. The van der Waals surface area contributed by atoms with E-state index in [1.807, 2.05) is 0 Å². The van der Waals surface area contributed by atoms with Crippen LogP contribution in [0, 0.1) is 0 Å². The van der Waals surface area contributed by atoms with Crippen molar-refractivity contribution in [1.82, 2.24) is 3.71 Å².